The van der Waals surface area contributed by atoms with E-state index in [1.165, 1.54) is 0 Å². The number of rotatable bonds is 3. The lowest BCUT2D eigenvalue weighted by molar-refractivity contribution is -0.0505. The van der Waals surface area contributed by atoms with Gasteiger partial charge < -0.3 is 4.42 Å². The van der Waals surface area contributed by atoms with Gasteiger partial charge in [0, 0.05) is 23.3 Å². The van der Waals surface area contributed by atoms with Crippen LogP contribution in [0, 0.1) is 5.92 Å². The van der Waals surface area contributed by atoms with E-state index in [1.54, 1.807) is 12.1 Å². The molecular formula is C15H17ClF2N2O. The Balaban J connectivity index is 1.84. The van der Waals surface area contributed by atoms with Crippen molar-refractivity contribution in [1.29, 1.82) is 0 Å². The third-order valence-corrected chi connectivity index (χ3v) is 4.45. The van der Waals surface area contributed by atoms with Gasteiger partial charge in [-0.25, -0.2) is 14.2 Å². The van der Waals surface area contributed by atoms with Crippen molar-refractivity contribution in [3.63, 3.8) is 0 Å². The van der Waals surface area contributed by atoms with Crippen molar-refractivity contribution >= 4 is 22.6 Å². The number of hydrogen-bond donors (Lipinski definition) is 2. The summed E-state index contributed by atoms with van der Waals surface area (Å²) in [5.41, 5.74) is 3.44. The highest BCUT2D eigenvalue weighted by Gasteiger charge is 2.38. The molecular weight excluding hydrogens is 298 g/mol. The Morgan fingerprint density at radius 1 is 1.29 bits per heavy atom. The molecule has 0 aliphatic heterocycles. The maximum atomic E-state index is 13.3. The fourth-order valence-corrected chi connectivity index (χ4v) is 3.21. The highest BCUT2D eigenvalue weighted by Crippen LogP contribution is 2.42. The summed E-state index contributed by atoms with van der Waals surface area (Å²) in [5, 5.41) is 1.52. The molecule has 3 N–H and O–H groups in total. The van der Waals surface area contributed by atoms with Crippen molar-refractivity contribution in [3.05, 3.63) is 35.0 Å². The molecule has 1 aliphatic carbocycles. The average molecular weight is 315 g/mol. The minimum atomic E-state index is -2.54. The first kappa shape index (κ1) is 14.8. The lowest BCUT2D eigenvalue weighted by Crippen LogP contribution is -2.37. The van der Waals surface area contributed by atoms with Gasteiger partial charge in [-0.05, 0) is 43.0 Å². The second-order valence-corrected chi connectivity index (χ2v) is 6.11. The molecule has 0 spiro atoms. The summed E-state index contributed by atoms with van der Waals surface area (Å²) in [6.07, 6.45) is 0.670. The second-order valence-electron chi connectivity index (χ2n) is 5.67. The molecule has 1 fully saturated rings. The molecule has 1 aliphatic rings. The van der Waals surface area contributed by atoms with Crippen LogP contribution in [0.25, 0.3) is 11.0 Å². The molecule has 1 atom stereocenters. The summed E-state index contributed by atoms with van der Waals surface area (Å²) in [6, 6.07) is 6.98. The number of nitrogens with two attached hydrogens (primary N) is 1. The second kappa shape index (κ2) is 5.55. The number of benzene rings is 1. The fourth-order valence-electron chi connectivity index (χ4n) is 3.03. The van der Waals surface area contributed by atoms with Gasteiger partial charge in [0.15, 0.2) is 0 Å². The molecule has 1 saturated carbocycles. The van der Waals surface area contributed by atoms with Crippen LogP contribution in [0.15, 0.2) is 28.7 Å². The zero-order valence-corrected chi connectivity index (χ0v) is 12.2. The van der Waals surface area contributed by atoms with Crippen LogP contribution in [0.4, 0.5) is 8.78 Å². The molecule has 6 heteroatoms. The van der Waals surface area contributed by atoms with Crippen molar-refractivity contribution in [2.24, 2.45) is 11.8 Å². The van der Waals surface area contributed by atoms with Crippen LogP contribution >= 0.6 is 11.6 Å². The predicted octanol–water partition coefficient (Wildman–Crippen LogP) is 4.42. The summed E-state index contributed by atoms with van der Waals surface area (Å²) in [4.78, 5) is 0. The summed E-state index contributed by atoms with van der Waals surface area (Å²) in [5.74, 6) is 3.81. The summed E-state index contributed by atoms with van der Waals surface area (Å²) >= 11 is 5.96. The fraction of sp³-hybridized carbons (Fsp3) is 0.467. The lowest BCUT2D eigenvalue weighted by atomic mass is 9.81. The van der Waals surface area contributed by atoms with Crippen molar-refractivity contribution < 1.29 is 13.2 Å². The molecule has 1 aromatic heterocycles. The van der Waals surface area contributed by atoms with E-state index in [9.17, 15) is 8.78 Å². The van der Waals surface area contributed by atoms with Gasteiger partial charge in [-0.1, -0.05) is 11.6 Å². The highest BCUT2D eigenvalue weighted by atomic mass is 35.5. The van der Waals surface area contributed by atoms with Crippen LogP contribution in [0.5, 0.6) is 0 Å². The molecule has 1 heterocycles. The van der Waals surface area contributed by atoms with Crippen molar-refractivity contribution in [2.75, 3.05) is 0 Å². The Kier molecular flexibility index (Phi) is 3.90. The molecule has 0 saturated heterocycles. The molecule has 0 radical (unpaired) electrons. The van der Waals surface area contributed by atoms with E-state index in [0.717, 1.165) is 11.0 Å². The molecule has 1 aromatic carbocycles. The monoisotopic (exact) mass is 314 g/mol. The molecule has 21 heavy (non-hydrogen) atoms. The predicted molar refractivity (Wildman–Crippen MR) is 78.2 cm³/mol. The van der Waals surface area contributed by atoms with E-state index >= 15 is 0 Å². The van der Waals surface area contributed by atoms with E-state index in [-0.39, 0.29) is 24.8 Å². The minimum Gasteiger partial charge on any atom is -0.459 e. The Labute approximate surface area is 126 Å². The standard InChI is InChI=1S/C15H17ClF2N2O/c16-11-1-2-12-10(7-11)8-13(21-12)14(20-19)9-3-5-15(17,18)6-4-9/h1-2,7-9,14,20H,3-6,19H2. The minimum absolute atomic E-state index is 0.0469. The third kappa shape index (κ3) is 3.05. The maximum Gasteiger partial charge on any atom is 0.248 e. The van der Waals surface area contributed by atoms with E-state index in [4.69, 9.17) is 21.9 Å². The largest absolute Gasteiger partial charge is 0.459 e. The normalized spacial score (nSPS) is 20.8. The van der Waals surface area contributed by atoms with Gasteiger partial charge in [0.2, 0.25) is 5.92 Å². The van der Waals surface area contributed by atoms with Crippen LogP contribution in [-0.2, 0) is 0 Å². The van der Waals surface area contributed by atoms with Gasteiger partial charge >= 0.3 is 0 Å². The first-order valence-corrected chi connectivity index (χ1v) is 7.39. The van der Waals surface area contributed by atoms with Gasteiger partial charge in [0.05, 0.1) is 6.04 Å². The van der Waals surface area contributed by atoms with Gasteiger partial charge in [-0.15, -0.1) is 0 Å². The number of alkyl halides is 2. The lowest BCUT2D eigenvalue weighted by Gasteiger charge is -2.32. The van der Waals surface area contributed by atoms with Crippen molar-refractivity contribution in [3.8, 4) is 0 Å². The van der Waals surface area contributed by atoms with E-state index in [1.807, 2.05) is 12.1 Å². The Bertz CT molecular complexity index is 634. The number of hydrogen-bond acceptors (Lipinski definition) is 3. The molecule has 3 rings (SSSR count). The zero-order chi connectivity index (χ0) is 15.0. The average Bonchev–Trinajstić information content (AvgIpc) is 2.84. The first-order chi connectivity index (χ1) is 9.98. The Morgan fingerprint density at radius 2 is 2.00 bits per heavy atom. The summed E-state index contributed by atoms with van der Waals surface area (Å²) < 4.78 is 32.3. The number of halogens is 3. The molecule has 0 bridgehead atoms. The SMILES string of the molecule is NNC(c1cc2cc(Cl)ccc2o1)C1CCC(F)(F)CC1. The molecule has 114 valence electrons. The Morgan fingerprint density at radius 3 is 2.67 bits per heavy atom. The van der Waals surface area contributed by atoms with E-state index in [2.05, 4.69) is 5.43 Å². The number of hydrazine groups is 1. The van der Waals surface area contributed by atoms with Crippen LogP contribution in [0.2, 0.25) is 5.02 Å². The van der Waals surface area contributed by atoms with Gasteiger partial charge in [-0.2, -0.15) is 0 Å². The zero-order valence-electron chi connectivity index (χ0n) is 11.4. The van der Waals surface area contributed by atoms with Gasteiger partial charge in [-0.3, -0.25) is 5.84 Å². The Hall–Kier alpha value is -1.17. The number of fused-ring (bicyclic) bond motifs is 1. The third-order valence-electron chi connectivity index (χ3n) is 4.22. The van der Waals surface area contributed by atoms with Crippen molar-refractivity contribution in [1.82, 2.24) is 5.43 Å². The van der Waals surface area contributed by atoms with Crippen LogP contribution in [-0.4, -0.2) is 5.92 Å². The van der Waals surface area contributed by atoms with E-state index in [0.29, 0.717) is 23.6 Å². The van der Waals surface area contributed by atoms with Gasteiger partial charge in [0.25, 0.3) is 0 Å². The van der Waals surface area contributed by atoms with Gasteiger partial charge in [0.1, 0.15) is 11.3 Å². The number of nitrogens with one attached hydrogen (secondary N) is 1. The topological polar surface area (TPSA) is 51.2 Å². The van der Waals surface area contributed by atoms with E-state index < -0.39 is 5.92 Å². The molecule has 0 amide bonds. The summed E-state index contributed by atoms with van der Waals surface area (Å²) in [6.45, 7) is 0. The smallest absolute Gasteiger partial charge is 0.248 e. The maximum absolute atomic E-state index is 13.3. The molecule has 3 nitrogen and oxygen atoms in total. The quantitative estimate of drug-likeness (QED) is 0.651. The number of furan rings is 1. The highest BCUT2D eigenvalue weighted by molar-refractivity contribution is 6.31. The van der Waals surface area contributed by atoms with Crippen molar-refractivity contribution in [2.45, 2.75) is 37.6 Å². The van der Waals surface area contributed by atoms with Crippen LogP contribution in [0.3, 0.4) is 0 Å². The molecule has 1 unspecified atom stereocenters. The summed E-state index contributed by atoms with van der Waals surface area (Å²) in [7, 11) is 0. The first-order valence-electron chi connectivity index (χ1n) is 7.01. The van der Waals surface area contributed by atoms with Crippen LogP contribution in [0.1, 0.15) is 37.5 Å². The van der Waals surface area contributed by atoms with Crippen LogP contribution < -0.4 is 11.3 Å². The molecule has 2 aromatic rings.